The quantitative estimate of drug-likeness (QED) is 0.447. The van der Waals surface area contributed by atoms with Crippen molar-refractivity contribution in [3.05, 3.63) is 23.0 Å². The van der Waals surface area contributed by atoms with E-state index in [-0.39, 0.29) is 17.9 Å². The van der Waals surface area contributed by atoms with Crippen LogP contribution in [-0.4, -0.2) is 36.5 Å². The van der Waals surface area contributed by atoms with Gasteiger partial charge in [-0.1, -0.05) is 0 Å². The van der Waals surface area contributed by atoms with Crippen molar-refractivity contribution in [2.45, 2.75) is 38.5 Å². The summed E-state index contributed by atoms with van der Waals surface area (Å²) in [7, 11) is -4.66. The summed E-state index contributed by atoms with van der Waals surface area (Å²) in [6.07, 6.45) is 2.31. The maximum absolute atomic E-state index is 11.1. The van der Waals surface area contributed by atoms with Crippen LogP contribution in [0.1, 0.15) is 29.7 Å². The van der Waals surface area contributed by atoms with Gasteiger partial charge in [0.15, 0.2) is 0 Å². The highest BCUT2D eigenvalue weighted by atomic mass is 31.2. The summed E-state index contributed by atoms with van der Waals surface area (Å²) in [6.45, 7) is 1.15. The number of aryl methyl sites for hydroxylation is 1. The van der Waals surface area contributed by atoms with Gasteiger partial charge in [0.2, 0.25) is 0 Å². The average Bonchev–Trinajstić information content (AvgIpc) is 3.19. The molecule has 1 aromatic heterocycles. The van der Waals surface area contributed by atoms with E-state index < -0.39 is 25.9 Å². The van der Waals surface area contributed by atoms with Crippen LogP contribution in [0.2, 0.25) is 0 Å². The normalized spacial score (nSPS) is 16.5. The van der Waals surface area contributed by atoms with E-state index in [0.717, 1.165) is 0 Å². The van der Waals surface area contributed by atoms with Crippen LogP contribution in [-0.2, 0) is 27.0 Å². The fraction of sp³-hybridized carbons (Fsp3) is 0.500. The Kier molecular flexibility index (Phi) is 4.55. The molecule has 22 heavy (non-hydrogen) atoms. The molecule has 0 atom stereocenters. The van der Waals surface area contributed by atoms with Crippen molar-refractivity contribution >= 4 is 13.8 Å². The van der Waals surface area contributed by atoms with Gasteiger partial charge in [-0.15, -0.1) is 0 Å². The fourth-order valence-corrected chi connectivity index (χ4v) is 2.32. The molecular formula is C12H17N2O7P. The van der Waals surface area contributed by atoms with Crippen molar-refractivity contribution in [2.75, 3.05) is 0 Å². The van der Waals surface area contributed by atoms with Gasteiger partial charge in [0.1, 0.15) is 11.3 Å². The Morgan fingerprint density at radius 3 is 2.64 bits per heavy atom. The summed E-state index contributed by atoms with van der Waals surface area (Å²) in [4.78, 5) is 32.5. The third-order valence-electron chi connectivity index (χ3n) is 3.58. The highest BCUT2D eigenvalue weighted by Gasteiger charge is 2.50. The number of pyridine rings is 1. The van der Waals surface area contributed by atoms with Crippen molar-refractivity contribution in [2.24, 2.45) is 0 Å². The lowest BCUT2D eigenvalue weighted by molar-refractivity contribution is -0.140. The molecule has 5 N–H and O–H groups in total. The standard InChI is InChI=1S/C12H17N2O7P/c1-7-10(15)9(5-14-12(2-3-12)11(16)17)8(4-13-7)6-21-22(18,19)20/h4,14-15H,2-3,5-6H2,1H3,(H,16,17)(H2,18,19,20). The Bertz CT molecular complexity index is 639. The molecule has 9 nitrogen and oxygen atoms in total. The maximum atomic E-state index is 11.1. The van der Waals surface area contributed by atoms with Crippen molar-refractivity contribution in [1.29, 1.82) is 0 Å². The number of aromatic nitrogens is 1. The number of phosphoric ester groups is 1. The molecule has 122 valence electrons. The third-order valence-corrected chi connectivity index (χ3v) is 4.05. The number of nitrogens with zero attached hydrogens (tertiary/aromatic N) is 1. The Morgan fingerprint density at radius 2 is 2.14 bits per heavy atom. The average molecular weight is 332 g/mol. The summed E-state index contributed by atoms with van der Waals surface area (Å²) in [5.41, 5.74) is -0.0733. The molecular weight excluding hydrogens is 315 g/mol. The van der Waals surface area contributed by atoms with E-state index in [1.165, 1.54) is 6.20 Å². The minimum atomic E-state index is -4.66. The van der Waals surface area contributed by atoms with E-state index in [1.807, 2.05) is 0 Å². The lowest BCUT2D eigenvalue weighted by atomic mass is 10.1. The van der Waals surface area contributed by atoms with Gasteiger partial charge in [0.05, 0.1) is 12.3 Å². The van der Waals surface area contributed by atoms with Gasteiger partial charge in [-0.3, -0.25) is 19.6 Å². The van der Waals surface area contributed by atoms with Gasteiger partial charge < -0.3 is 20.0 Å². The molecule has 0 radical (unpaired) electrons. The van der Waals surface area contributed by atoms with E-state index in [1.54, 1.807) is 6.92 Å². The van der Waals surface area contributed by atoms with Crippen molar-refractivity contribution in [1.82, 2.24) is 10.3 Å². The number of aromatic hydroxyl groups is 1. The Morgan fingerprint density at radius 1 is 1.50 bits per heavy atom. The maximum Gasteiger partial charge on any atom is 0.469 e. The number of hydrogen-bond acceptors (Lipinski definition) is 6. The van der Waals surface area contributed by atoms with Gasteiger partial charge in [0, 0.05) is 23.9 Å². The number of nitrogens with one attached hydrogen (secondary N) is 1. The number of hydrogen-bond donors (Lipinski definition) is 5. The zero-order chi connectivity index (χ0) is 16.5. The molecule has 1 aromatic rings. The van der Waals surface area contributed by atoms with Gasteiger partial charge in [-0.25, -0.2) is 4.57 Å². The lowest BCUT2D eigenvalue weighted by Crippen LogP contribution is -2.38. The van der Waals surface area contributed by atoms with E-state index in [4.69, 9.17) is 14.9 Å². The number of rotatable bonds is 7. The molecule has 0 aromatic carbocycles. The predicted octanol–water partition coefficient (Wildman–Crippen LogP) is 0.412. The van der Waals surface area contributed by atoms with Crippen LogP contribution in [0.15, 0.2) is 6.20 Å². The molecule has 0 spiro atoms. The van der Waals surface area contributed by atoms with Crippen molar-refractivity contribution in [3.8, 4) is 5.75 Å². The van der Waals surface area contributed by atoms with Crippen molar-refractivity contribution in [3.63, 3.8) is 0 Å². The van der Waals surface area contributed by atoms with E-state index in [0.29, 0.717) is 24.1 Å². The number of carboxylic acid groups (broad SMARTS) is 1. The van der Waals surface area contributed by atoms with E-state index >= 15 is 0 Å². The molecule has 0 saturated heterocycles. The third kappa shape index (κ3) is 3.82. The molecule has 1 saturated carbocycles. The zero-order valence-corrected chi connectivity index (χ0v) is 12.7. The monoisotopic (exact) mass is 332 g/mol. The van der Waals surface area contributed by atoms with Gasteiger partial charge in [-0.05, 0) is 19.8 Å². The van der Waals surface area contributed by atoms with Crippen molar-refractivity contribution < 1.29 is 33.9 Å². The first-order chi connectivity index (χ1) is 10.1. The molecule has 0 bridgehead atoms. The number of carbonyl (C=O) groups is 1. The van der Waals surface area contributed by atoms with Crippen LogP contribution >= 0.6 is 7.82 Å². The van der Waals surface area contributed by atoms with Crippen LogP contribution in [0.25, 0.3) is 0 Å². The first-order valence-corrected chi connectivity index (χ1v) is 8.02. The minimum Gasteiger partial charge on any atom is -0.506 e. The lowest BCUT2D eigenvalue weighted by Gasteiger charge is -2.17. The van der Waals surface area contributed by atoms with Crippen LogP contribution in [0.4, 0.5) is 0 Å². The summed E-state index contributed by atoms with van der Waals surface area (Å²) in [5.74, 6) is -1.12. The first kappa shape index (κ1) is 16.9. The second-order valence-electron chi connectivity index (χ2n) is 5.20. The molecule has 1 fully saturated rings. The molecule has 1 aliphatic rings. The van der Waals surface area contributed by atoms with Crippen LogP contribution < -0.4 is 5.32 Å². The zero-order valence-electron chi connectivity index (χ0n) is 11.8. The fourth-order valence-electron chi connectivity index (χ4n) is 2.01. The first-order valence-electron chi connectivity index (χ1n) is 6.49. The summed E-state index contributed by atoms with van der Waals surface area (Å²) in [6, 6.07) is 0. The van der Waals surface area contributed by atoms with Crippen LogP contribution in [0.3, 0.4) is 0 Å². The molecule has 0 unspecified atom stereocenters. The van der Waals surface area contributed by atoms with E-state index in [9.17, 15) is 14.5 Å². The molecule has 2 rings (SSSR count). The second kappa shape index (κ2) is 5.94. The molecule has 0 amide bonds. The topological polar surface area (TPSA) is 149 Å². The van der Waals surface area contributed by atoms with Gasteiger partial charge in [-0.2, -0.15) is 0 Å². The summed E-state index contributed by atoms with van der Waals surface area (Å²) < 4.78 is 15.2. The van der Waals surface area contributed by atoms with Gasteiger partial charge in [0.25, 0.3) is 0 Å². The summed E-state index contributed by atoms with van der Waals surface area (Å²) >= 11 is 0. The molecule has 0 aliphatic heterocycles. The largest absolute Gasteiger partial charge is 0.506 e. The van der Waals surface area contributed by atoms with Gasteiger partial charge >= 0.3 is 13.8 Å². The SMILES string of the molecule is Cc1ncc(COP(=O)(O)O)c(CNC2(C(=O)O)CC2)c1O. The minimum absolute atomic E-state index is 0.0291. The molecule has 1 heterocycles. The Balaban J connectivity index is 2.18. The Hall–Kier alpha value is -1.51. The number of phosphoric acid groups is 1. The molecule has 10 heteroatoms. The van der Waals surface area contributed by atoms with E-state index in [2.05, 4.69) is 14.8 Å². The molecule has 1 aliphatic carbocycles. The number of aliphatic carboxylic acids is 1. The number of carboxylic acids is 1. The van der Waals surface area contributed by atoms with Crippen LogP contribution in [0, 0.1) is 6.92 Å². The smallest absolute Gasteiger partial charge is 0.469 e. The highest BCUT2D eigenvalue weighted by Crippen LogP contribution is 2.39. The van der Waals surface area contributed by atoms with Crippen LogP contribution in [0.5, 0.6) is 5.75 Å². The highest BCUT2D eigenvalue weighted by molar-refractivity contribution is 7.46. The predicted molar refractivity (Wildman–Crippen MR) is 73.9 cm³/mol. The Labute approximate surface area is 126 Å². The second-order valence-corrected chi connectivity index (χ2v) is 6.44. The summed E-state index contributed by atoms with van der Waals surface area (Å²) in [5, 5.41) is 22.0.